The van der Waals surface area contributed by atoms with E-state index >= 15 is 0 Å². The molecule has 0 spiro atoms. The summed E-state index contributed by atoms with van der Waals surface area (Å²) in [6.45, 7) is 3.53. The highest BCUT2D eigenvalue weighted by atomic mass is 16.5. The van der Waals surface area contributed by atoms with Crippen LogP contribution in [0.2, 0.25) is 0 Å². The molecule has 0 aliphatic carbocycles. The monoisotopic (exact) mass is 264 g/mol. The van der Waals surface area contributed by atoms with E-state index in [0.717, 1.165) is 16.7 Å². The summed E-state index contributed by atoms with van der Waals surface area (Å²) in [6, 6.07) is 3.77. The summed E-state index contributed by atoms with van der Waals surface area (Å²) >= 11 is 0. The standard InChI is InChI=1S/C13H16N2O4/c1-8-3-10(13-14-7-19-15-13)4-9(2)12(8)18-6-11(17)5-16/h3-4,7,11,16-17H,5-6H2,1-2H3/t11-/m1/s1. The van der Waals surface area contributed by atoms with Gasteiger partial charge in [-0.2, -0.15) is 4.98 Å². The number of aryl methyl sites for hydroxylation is 2. The lowest BCUT2D eigenvalue weighted by Gasteiger charge is -2.15. The summed E-state index contributed by atoms with van der Waals surface area (Å²) in [5.74, 6) is 1.22. The van der Waals surface area contributed by atoms with E-state index in [9.17, 15) is 5.11 Å². The van der Waals surface area contributed by atoms with Crippen molar-refractivity contribution in [1.29, 1.82) is 0 Å². The molecule has 2 N–H and O–H groups in total. The highest BCUT2D eigenvalue weighted by Gasteiger charge is 2.12. The largest absolute Gasteiger partial charge is 0.490 e. The Morgan fingerprint density at radius 1 is 1.32 bits per heavy atom. The van der Waals surface area contributed by atoms with Gasteiger partial charge in [-0.1, -0.05) is 5.16 Å². The molecule has 6 heteroatoms. The molecule has 2 rings (SSSR count). The van der Waals surface area contributed by atoms with Crippen LogP contribution in [0.1, 0.15) is 11.1 Å². The van der Waals surface area contributed by atoms with Crippen molar-refractivity contribution in [2.75, 3.05) is 13.2 Å². The number of benzene rings is 1. The summed E-state index contributed by atoms with van der Waals surface area (Å²) in [4.78, 5) is 3.99. The predicted molar refractivity (Wildman–Crippen MR) is 67.8 cm³/mol. The lowest BCUT2D eigenvalue weighted by molar-refractivity contribution is 0.0532. The number of rotatable bonds is 5. The molecule has 0 saturated carbocycles. The van der Waals surface area contributed by atoms with Crippen LogP contribution in [0.5, 0.6) is 5.75 Å². The molecule has 0 aliphatic rings. The van der Waals surface area contributed by atoms with Gasteiger partial charge >= 0.3 is 0 Å². The molecule has 0 unspecified atom stereocenters. The summed E-state index contributed by atoms with van der Waals surface area (Å²) < 4.78 is 10.2. The molecule has 1 aromatic carbocycles. The topological polar surface area (TPSA) is 88.6 Å². The van der Waals surface area contributed by atoms with Gasteiger partial charge in [-0.15, -0.1) is 0 Å². The quantitative estimate of drug-likeness (QED) is 0.840. The zero-order valence-corrected chi connectivity index (χ0v) is 10.8. The fourth-order valence-corrected chi connectivity index (χ4v) is 1.84. The minimum atomic E-state index is -0.879. The minimum absolute atomic E-state index is 0.0553. The lowest BCUT2D eigenvalue weighted by Crippen LogP contribution is -2.21. The van der Waals surface area contributed by atoms with Gasteiger partial charge in [0.15, 0.2) is 0 Å². The van der Waals surface area contributed by atoms with Gasteiger partial charge in [0.25, 0.3) is 0 Å². The third-order valence-electron chi connectivity index (χ3n) is 2.71. The Bertz CT molecular complexity index is 517. The SMILES string of the molecule is Cc1cc(-c2ncon2)cc(C)c1OC[C@H](O)CO. The molecule has 0 fully saturated rings. The molecule has 0 saturated heterocycles. The fraction of sp³-hybridized carbons (Fsp3) is 0.385. The predicted octanol–water partition coefficient (Wildman–Crippen LogP) is 1.09. The average Bonchev–Trinajstić information content (AvgIpc) is 2.91. The number of aliphatic hydroxyl groups excluding tert-OH is 2. The third kappa shape index (κ3) is 3.10. The van der Waals surface area contributed by atoms with E-state index in [1.54, 1.807) is 0 Å². The molecular formula is C13H16N2O4. The maximum atomic E-state index is 9.30. The third-order valence-corrected chi connectivity index (χ3v) is 2.71. The molecule has 0 radical (unpaired) electrons. The van der Waals surface area contributed by atoms with Crippen LogP contribution in [-0.4, -0.2) is 39.7 Å². The molecule has 1 atom stereocenters. The smallest absolute Gasteiger partial charge is 0.214 e. The number of hydrogen-bond donors (Lipinski definition) is 2. The second kappa shape index (κ2) is 5.81. The number of nitrogens with zero attached hydrogens (tertiary/aromatic N) is 2. The first kappa shape index (κ1) is 13.5. The van der Waals surface area contributed by atoms with Crippen LogP contribution >= 0.6 is 0 Å². The highest BCUT2D eigenvalue weighted by molar-refractivity contribution is 5.60. The van der Waals surface area contributed by atoms with E-state index in [0.29, 0.717) is 11.6 Å². The van der Waals surface area contributed by atoms with Gasteiger partial charge in [-0.3, -0.25) is 0 Å². The van der Waals surface area contributed by atoms with Crippen LogP contribution in [0.15, 0.2) is 23.0 Å². The second-order valence-corrected chi connectivity index (χ2v) is 4.34. The summed E-state index contributed by atoms with van der Waals surface area (Å²) in [5, 5.41) is 21.8. The zero-order chi connectivity index (χ0) is 13.8. The van der Waals surface area contributed by atoms with Gasteiger partial charge in [0.1, 0.15) is 18.5 Å². The van der Waals surface area contributed by atoms with Crippen molar-refractivity contribution in [3.8, 4) is 17.1 Å². The van der Waals surface area contributed by atoms with E-state index in [1.165, 1.54) is 6.39 Å². The molecule has 1 heterocycles. The van der Waals surface area contributed by atoms with Crippen LogP contribution < -0.4 is 4.74 Å². The van der Waals surface area contributed by atoms with E-state index in [1.807, 2.05) is 26.0 Å². The van der Waals surface area contributed by atoms with Crippen molar-refractivity contribution >= 4 is 0 Å². The zero-order valence-electron chi connectivity index (χ0n) is 10.8. The number of aliphatic hydroxyl groups is 2. The molecule has 1 aromatic heterocycles. The summed E-state index contributed by atoms with van der Waals surface area (Å²) in [6.07, 6.45) is 0.401. The van der Waals surface area contributed by atoms with Crippen LogP contribution in [0, 0.1) is 13.8 Å². The van der Waals surface area contributed by atoms with Crippen LogP contribution in [0.4, 0.5) is 0 Å². The molecule has 0 bridgehead atoms. The molecular weight excluding hydrogens is 248 g/mol. The first-order chi connectivity index (χ1) is 9.11. The Balaban J connectivity index is 2.22. The van der Waals surface area contributed by atoms with Crippen LogP contribution in [0.3, 0.4) is 0 Å². The van der Waals surface area contributed by atoms with E-state index < -0.39 is 6.10 Å². The molecule has 19 heavy (non-hydrogen) atoms. The number of hydrogen-bond acceptors (Lipinski definition) is 6. The van der Waals surface area contributed by atoms with E-state index in [2.05, 4.69) is 10.1 Å². The normalized spacial score (nSPS) is 12.4. The maximum absolute atomic E-state index is 9.30. The van der Waals surface area contributed by atoms with Gasteiger partial charge in [0.05, 0.1) is 6.61 Å². The van der Waals surface area contributed by atoms with Gasteiger partial charge in [-0.05, 0) is 37.1 Å². The Kier molecular flexibility index (Phi) is 4.13. The molecule has 102 valence electrons. The first-order valence-electron chi connectivity index (χ1n) is 5.91. The second-order valence-electron chi connectivity index (χ2n) is 4.34. The first-order valence-corrected chi connectivity index (χ1v) is 5.91. The highest BCUT2D eigenvalue weighted by Crippen LogP contribution is 2.28. The molecule has 0 aliphatic heterocycles. The Labute approximate surface area is 110 Å². The summed E-state index contributed by atoms with van der Waals surface area (Å²) in [5.41, 5.74) is 2.66. The van der Waals surface area contributed by atoms with E-state index in [4.69, 9.17) is 14.4 Å². The van der Waals surface area contributed by atoms with Crippen LogP contribution in [0.25, 0.3) is 11.4 Å². The van der Waals surface area contributed by atoms with Crippen molar-refractivity contribution in [3.05, 3.63) is 29.7 Å². The number of aromatic nitrogens is 2. The number of ether oxygens (including phenoxy) is 1. The average molecular weight is 264 g/mol. The van der Waals surface area contributed by atoms with Gasteiger partial charge in [-0.25, -0.2) is 0 Å². The van der Waals surface area contributed by atoms with Crippen molar-refractivity contribution < 1.29 is 19.5 Å². The lowest BCUT2D eigenvalue weighted by atomic mass is 10.1. The Morgan fingerprint density at radius 2 is 2.00 bits per heavy atom. The van der Waals surface area contributed by atoms with Crippen molar-refractivity contribution in [1.82, 2.24) is 10.1 Å². The Morgan fingerprint density at radius 3 is 2.53 bits per heavy atom. The minimum Gasteiger partial charge on any atom is -0.490 e. The van der Waals surface area contributed by atoms with E-state index in [-0.39, 0.29) is 13.2 Å². The Hall–Kier alpha value is -1.92. The van der Waals surface area contributed by atoms with Crippen LogP contribution in [-0.2, 0) is 0 Å². The molecule has 2 aromatic rings. The summed E-state index contributed by atoms with van der Waals surface area (Å²) in [7, 11) is 0. The van der Waals surface area contributed by atoms with Gasteiger partial charge < -0.3 is 19.5 Å². The van der Waals surface area contributed by atoms with Crippen molar-refractivity contribution in [2.24, 2.45) is 0 Å². The van der Waals surface area contributed by atoms with Gasteiger partial charge in [0.2, 0.25) is 12.2 Å². The van der Waals surface area contributed by atoms with Gasteiger partial charge in [0, 0.05) is 5.56 Å². The van der Waals surface area contributed by atoms with Crippen molar-refractivity contribution in [2.45, 2.75) is 20.0 Å². The molecule has 6 nitrogen and oxygen atoms in total. The molecule has 0 amide bonds. The fourth-order valence-electron chi connectivity index (χ4n) is 1.84. The maximum Gasteiger partial charge on any atom is 0.214 e. The van der Waals surface area contributed by atoms with Crippen molar-refractivity contribution in [3.63, 3.8) is 0 Å².